The largest absolute Gasteiger partial charge is 0.418 e. The molecule has 12 heteroatoms. The number of hydrogen-bond acceptors (Lipinski definition) is 9. The summed E-state index contributed by atoms with van der Waals surface area (Å²) >= 11 is 0. The molecule has 0 aliphatic carbocycles. The van der Waals surface area contributed by atoms with E-state index in [1.54, 1.807) is 6.20 Å². The molecule has 0 amide bonds. The second-order valence-electron chi connectivity index (χ2n) is 9.90. The Labute approximate surface area is 225 Å². The van der Waals surface area contributed by atoms with Crippen LogP contribution < -0.4 is 26.6 Å². The molecule has 3 aromatic rings. The van der Waals surface area contributed by atoms with Crippen LogP contribution in [0.4, 0.5) is 36.3 Å². The molecule has 206 valence electrons. The molecule has 2 aliphatic rings. The van der Waals surface area contributed by atoms with Crippen molar-refractivity contribution in [2.45, 2.75) is 44.3 Å². The number of piperidine rings is 2. The van der Waals surface area contributed by atoms with Gasteiger partial charge in [-0.25, -0.2) is 19.9 Å². The van der Waals surface area contributed by atoms with Gasteiger partial charge in [-0.3, -0.25) is 0 Å². The van der Waals surface area contributed by atoms with E-state index >= 15 is 0 Å². The van der Waals surface area contributed by atoms with E-state index in [2.05, 4.69) is 36.7 Å². The Balaban J connectivity index is 1.47. The summed E-state index contributed by atoms with van der Waals surface area (Å²) in [4.78, 5) is 21.7. The zero-order valence-electron chi connectivity index (χ0n) is 21.6. The van der Waals surface area contributed by atoms with E-state index in [0.717, 1.165) is 70.0 Å². The standard InChI is InChI=1S/C27H32F3N9/c1-17(35-26-21(6-5-11-33-26)38-14-9-18(31)10-15-38)23-25(32)34-16-20(36-23)24-19(27(28,29)30)7-8-22(37-24)39-12-3-2-4-13-39/h5-8,11,16,18H,1-4,9-10,12-15,31H2,(H2,32,34)(H,33,35). The lowest BCUT2D eigenvalue weighted by Gasteiger charge is -2.33. The van der Waals surface area contributed by atoms with Crippen molar-refractivity contribution >= 4 is 28.8 Å². The lowest BCUT2D eigenvalue weighted by atomic mass is 10.1. The predicted octanol–water partition coefficient (Wildman–Crippen LogP) is 4.54. The van der Waals surface area contributed by atoms with Gasteiger partial charge in [0.2, 0.25) is 0 Å². The summed E-state index contributed by atoms with van der Waals surface area (Å²) in [6, 6.07) is 6.43. The van der Waals surface area contributed by atoms with Crippen molar-refractivity contribution in [1.82, 2.24) is 19.9 Å². The highest BCUT2D eigenvalue weighted by Crippen LogP contribution is 2.38. The number of nitrogen functional groups attached to an aromatic ring is 1. The summed E-state index contributed by atoms with van der Waals surface area (Å²) < 4.78 is 42.0. The van der Waals surface area contributed by atoms with Crippen molar-refractivity contribution in [3.05, 3.63) is 54.5 Å². The molecule has 2 aliphatic heterocycles. The molecular weight excluding hydrogens is 507 g/mol. The lowest BCUT2D eigenvalue weighted by Crippen LogP contribution is -2.40. The SMILES string of the molecule is C=C(Nc1ncccc1N1CCC(N)CC1)c1nc(-c2nc(N3CCCCC3)ccc2C(F)(F)F)cnc1N. The van der Waals surface area contributed by atoms with Gasteiger partial charge >= 0.3 is 6.18 Å². The fraction of sp³-hybridized carbons (Fsp3) is 0.407. The summed E-state index contributed by atoms with van der Waals surface area (Å²) in [5.74, 6) is 1.04. The van der Waals surface area contributed by atoms with E-state index in [4.69, 9.17) is 11.5 Å². The maximum absolute atomic E-state index is 14.0. The number of rotatable bonds is 6. The van der Waals surface area contributed by atoms with Crippen LogP contribution in [0.3, 0.4) is 0 Å². The number of pyridine rings is 2. The number of hydrogen-bond donors (Lipinski definition) is 3. The minimum absolute atomic E-state index is 0.0263. The summed E-state index contributed by atoms with van der Waals surface area (Å²) in [7, 11) is 0. The molecular formula is C27H32F3N9. The third kappa shape index (κ3) is 5.90. The molecule has 0 saturated carbocycles. The van der Waals surface area contributed by atoms with Crippen LogP contribution in [0.2, 0.25) is 0 Å². The molecule has 0 aromatic carbocycles. The monoisotopic (exact) mass is 539 g/mol. The summed E-state index contributed by atoms with van der Waals surface area (Å²) in [5, 5.41) is 3.15. The highest BCUT2D eigenvalue weighted by atomic mass is 19.4. The van der Waals surface area contributed by atoms with Gasteiger partial charge in [-0.05, 0) is 56.4 Å². The zero-order chi connectivity index (χ0) is 27.6. The van der Waals surface area contributed by atoms with Gasteiger partial charge < -0.3 is 26.6 Å². The second kappa shape index (κ2) is 11.0. The number of nitrogens with zero attached hydrogens (tertiary/aromatic N) is 6. The predicted molar refractivity (Wildman–Crippen MR) is 147 cm³/mol. The first kappa shape index (κ1) is 26.7. The molecule has 39 heavy (non-hydrogen) atoms. The third-order valence-electron chi connectivity index (χ3n) is 7.13. The first-order valence-electron chi connectivity index (χ1n) is 13.1. The van der Waals surface area contributed by atoms with E-state index in [9.17, 15) is 13.2 Å². The van der Waals surface area contributed by atoms with Gasteiger partial charge in [-0.1, -0.05) is 6.58 Å². The molecule has 0 unspecified atom stereocenters. The van der Waals surface area contributed by atoms with Crippen molar-refractivity contribution in [2.75, 3.05) is 47.0 Å². The Morgan fingerprint density at radius 2 is 1.72 bits per heavy atom. The molecule has 5 heterocycles. The maximum Gasteiger partial charge on any atom is 0.418 e. The molecule has 0 atom stereocenters. The van der Waals surface area contributed by atoms with Gasteiger partial charge in [-0.15, -0.1) is 0 Å². The van der Waals surface area contributed by atoms with Crippen LogP contribution in [-0.2, 0) is 6.18 Å². The number of nitrogens with one attached hydrogen (secondary N) is 1. The Morgan fingerprint density at radius 1 is 0.974 bits per heavy atom. The highest BCUT2D eigenvalue weighted by molar-refractivity contribution is 5.82. The lowest BCUT2D eigenvalue weighted by molar-refractivity contribution is -0.137. The first-order chi connectivity index (χ1) is 18.7. The number of nitrogens with two attached hydrogens (primary N) is 2. The molecule has 5 N–H and O–H groups in total. The molecule has 9 nitrogen and oxygen atoms in total. The zero-order valence-corrected chi connectivity index (χ0v) is 21.6. The average molecular weight is 540 g/mol. The van der Waals surface area contributed by atoms with Gasteiger partial charge in [-0.2, -0.15) is 13.2 Å². The van der Waals surface area contributed by atoms with Gasteiger partial charge in [0.05, 0.1) is 23.1 Å². The Bertz CT molecular complexity index is 1330. The number of anilines is 4. The van der Waals surface area contributed by atoms with Gasteiger partial charge in [0.15, 0.2) is 11.6 Å². The minimum atomic E-state index is -4.62. The molecule has 2 saturated heterocycles. The fourth-order valence-electron chi connectivity index (χ4n) is 5.00. The minimum Gasteiger partial charge on any atom is -0.382 e. The number of aromatic nitrogens is 4. The summed E-state index contributed by atoms with van der Waals surface area (Å²) in [6.07, 6.45) is 2.99. The summed E-state index contributed by atoms with van der Waals surface area (Å²) in [6.45, 7) is 7.10. The number of halogens is 3. The topological polar surface area (TPSA) is 122 Å². The van der Waals surface area contributed by atoms with Crippen LogP contribution in [0, 0.1) is 0 Å². The van der Waals surface area contributed by atoms with E-state index in [-0.39, 0.29) is 34.6 Å². The molecule has 3 aromatic heterocycles. The quantitative estimate of drug-likeness (QED) is 0.415. The van der Waals surface area contributed by atoms with Crippen LogP contribution in [0.1, 0.15) is 43.4 Å². The molecule has 0 spiro atoms. The fourth-order valence-corrected chi connectivity index (χ4v) is 5.00. The molecule has 0 radical (unpaired) electrons. The van der Waals surface area contributed by atoms with Crippen LogP contribution in [0.5, 0.6) is 0 Å². The third-order valence-corrected chi connectivity index (χ3v) is 7.13. The second-order valence-corrected chi connectivity index (χ2v) is 9.90. The molecule has 5 rings (SSSR count). The van der Waals surface area contributed by atoms with E-state index in [1.807, 2.05) is 17.0 Å². The smallest absolute Gasteiger partial charge is 0.382 e. The van der Waals surface area contributed by atoms with E-state index in [1.165, 1.54) is 12.3 Å². The van der Waals surface area contributed by atoms with Gasteiger partial charge in [0.25, 0.3) is 0 Å². The van der Waals surface area contributed by atoms with Crippen molar-refractivity contribution in [3.63, 3.8) is 0 Å². The van der Waals surface area contributed by atoms with Crippen LogP contribution in [0.25, 0.3) is 17.1 Å². The molecule has 0 bridgehead atoms. The van der Waals surface area contributed by atoms with E-state index < -0.39 is 11.7 Å². The van der Waals surface area contributed by atoms with Crippen molar-refractivity contribution < 1.29 is 13.2 Å². The van der Waals surface area contributed by atoms with Crippen LogP contribution in [-0.4, -0.2) is 52.2 Å². The van der Waals surface area contributed by atoms with Crippen molar-refractivity contribution in [3.8, 4) is 11.4 Å². The summed E-state index contributed by atoms with van der Waals surface area (Å²) in [5.41, 5.74) is 12.2. The van der Waals surface area contributed by atoms with E-state index in [0.29, 0.717) is 11.6 Å². The van der Waals surface area contributed by atoms with Crippen LogP contribution in [0.15, 0.2) is 43.2 Å². The van der Waals surface area contributed by atoms with Crippen molar-refractivity contribution in [1.29, 1.82) is 0 Å². The Hall–Kier alpha value is -3.93. The average Bonchev–Trinajstić information content (AvgIpc) is 2.94. The van der Waals surface area contributed by atoms with Crippen molar-refractivity contribution in [2.24, 2.45) is 5.73 Å². The van der Waals surface area contributed by atoms with Gasteiger partial charge in [0, 0.05) is 38.4 Å². The highest BCUT2D eigenvalue weighted by Gasteiger charge is 2.36. The molecule has 2 fully saturated rings. The van der Waals surface area contributed by atoms with Crippen LogP contribution >= 0.6 is 0 Å². The Morgan fingerprint density at radius 3 is 2.44 bits per heavy atom. The first-order valence-corrected chi connectivity index (χ1v) is 13.1. The maximum atomic E-state index is 14.0. The van der Waals surface area contributed by atoms with Gasteiger partial charge in [0.1, 0.15) is 22.9 Å². The Kier molecular flexibility index (Phi) is 7.56. The normalized spacial score (nSPS) is 16.8. The number of alkyl halides is 3.